The Hall–Kier alpha value is -2.90. The molecule has 0 radical (unpaired) electrons. The molecule has 2 atom stereocenters. The molecule has 2 aliphatic heterocycles. The number of anilines is 1. The van der Waals surface area contributed by atoms with Crippen molar-refractivity contribution in [2.45, 2.75) is 25.4 Å². The quantitative estimate of drug-likeness (QED) is 0.765. The number of piperazine rings is 1. The molecule has 158 valence electrons. The number of methoxy groups -OCH3 is 1. The number of aryl methyl sites for hydroxylation is 1. The highest BCUT2D eigenvalue weighted by molar-refractivity contribution is 6.39. The van der Waals surface area contributed by atoms with Crippen molar-refractivity contribution in [1.82, 2.24) is 10.2 Å². The van der Waals surface area contributed by atoms with Crippen molar-refractivity contribution in [3.05, 3.63) is 59.7 Å². The number of aliphatic carboxylic acids is 1. The van der Waals surface area contributed by atoms with E-state index in [1.54, 1.807) is 7.11 Å². The van der Waals surface area contributed by atoms with Crippen LogP contribution in [0.3, 0.4) is 0 Å². The molecule has 0 bridgehead atoms. The summed E-state index contributed by atoms with van der Waals surface area (Å²) in [6.07, 6.45) is 0.690. The highest BCUT2D eigenvalue weighted by atomic mass is 16.5. The zero-order valence-electron chi connectivity index (χ0n) is 17.4. The number of carbonyl (C=O) groups is 1. The van der Waals surface area contributed by atoms with Crippen LogP contribution in [0.2, 0.25) is 0 Å². The van der Waals surface area contributed by atoms with Crippen LogP contribution in [0.5, 0.6) is 5.75 Å². The predicted molar refractivity (Wildman–Crippen MR) is 117 cm³/mol. The van der Waals surface area contributed by atoms with Gasteiger partial charge in [0.05, 0.1) is 18.7 Å². The molecule has 2 aromatic rings. The van der Waals surface area contributed by atoms with E-state index in [0.717, 1.165) is 49.6 Å². The second-order valence-electron chi connectivity index (χ2n) is 7.61. The van der Waals surface area contributed by atoms with Gasteiger partial charge in [-0.15, -0.1) is 0 Å². The molecule has 0 amide bonds. The lowest BCUT2D eigenvalue weighted by Gasteiger charge is -2.40. The molecule has 2 N–H and O–H groups in total. The van der Waals surface area contributed by atoms with Crippen molar-refractivity contribution in [2.24, 2.45) is 5.10 Å². The minimum Gasteiger partial charge on any atom is -0.497 e. The van der Waals surface area contributed by atoms with E-state index in [-0.39, 0.29) is 17.8 Å². The highest BCUT2D eigenvalue weighted by Crippen LogP contribution is 2.38. The summed E-state index contributed by atoms with van der Waals surface area (Å²) in [4.78, 5) is 14.6. The fourth-order valence-electron chi connectivity index (χ4n) is 4.31. The topological polar surface area (TPSA) is 77.4 Å². The van der Waals surface area contributed by atoms with Gasteiger partial charge in [-0.1, -0.05) is 37.3 Å². The van der Waals surface area contributed by atoms with E-state index in [1.165, 1.54) is 5.56 Å². The summed E-state index contributed by atoms with van der Waals surface area (Å²) in [6.45, 7) is 5.50. The third-order valence-corrected chi connectivity index (χ3v) is 5.84. The molecule has 2 aromatic carbocycles. The van der Waals surface area contributed by atoms with Crippen LogP contribution in [-0.4, -0.2) is 61.1 Å². The second-order valence-corrected chi connectivity index (χ2v) is 7.61. The highest BCUT2D eigenvalue weighted by Gasteiger charge is 2.45. The Bertz CT molecular complexity index is 940. The first-order valence-electron chi connectivity index (χ1n) is 10.4. The summed E-state index contributed by atoms with van der Waals surface area (Å²) in [6, 6.07) is 15.9. The summed E-state index contributed by atoms with van der Waals surface area (Å²) >= 11 is 0. The summed E-state index contributed by atoms with van der Waals surface area (Å²) < 4.78 is 5.40. The Morgan fingerprint density at radius 3 is 2.67 bits per heavy atom. The maximum Gasteiger partial charge on any atom is 0.352 e. The smallest absolute Gasteiger partial charge is 0.352 e. The zero-order chi connectivity index (χ0) is 21.1. The Morgan fingerprint density at radius 1 is 1.20 bits per heavy atom. The first-order chi connectivity index (χ1) is 14.6. The van der Waals surface area contributed by atoms with Crippen molar-refractivity contribution >= 4 is 17.4 Å². The van der Waals surface area contributed by atoms with E-state index >= 15 is 0 Å². The summed E-state index contributed by atoms with van der Waals surface area (Å²) in [5.41, 5.74) is 3.18. The number of hydrazone groups is 1. The number of carboxylic acid groups (broad SMARTS) is 1. The molecular formula is C23H28N4O3. The van der Waals surface area contributed by atoms with Gasteiger partial charge >= 0.3 is 5.97 Å². The number of hydrogen-bond donors (Lipinski definition) is 2. The monoisotopic (exact) mass is 408 g/mol. The Balaban J connectivity index is 1.82. The van der Waals surface area contributed by atoms with Crippen LogP contribution in [0, 0.1) is 0 Å². The van der Waals surface area contributed by atoms with Crippen LogP contribution in [0.25, 0.3) is 0 Å². The standard InChI is InChI=1S/C23H28N4O3/c1-3-16-6-4-7-17(14-16)20-21(23(28)29)25-27(18-8-5-9-19(15-18)30-2)22(20)26-12-10-24-11-13-26/h4-9,14-15,20,22,24H,3,10-13H2,1-2H3,(H,28,29). The molecular weight excluding hydrogens is 380 g/mol. The van der Waals surface area contributed by atoms with Gasteiger partial charge in [0, 0.05) is 32.2 Å². The predicted octanol–water partition coefficient (Wildman–Crippen LogP) is 2.53. The van der Waals surface area contributed by atoms with Crippen LogP contribution in [0.1, 0.15) is 24.0 Å². The van der Waals surface area contributed by atoms with E-state index < -0.39 is 5.97 Å². The van der Waals surface area contributed by atoms with Crippen molar-refractivity contribution in [1.29, 1.82) is 0 Å². The van der Waals surface area contributed by atoms with Gasteiger partial charge in [-0.05, 0) is 29.7 Å². The Kier molecular flexibility index (Phi) is 6.01. The van der Waals surface area contributed by atoms with Gasteiger partial charge < -0.3 is 15.2 Å². The van der Waals surface area contributed by atoms with Gasteiger partial charge in [-0.3, -0.25) is 4.90 Å². The molecule has 0 aromatic heterocycles. The van der Waals surface area contributed by atoms with Crippen LogP contribution in [0.15, 0.2) is 53.6 Å². The zero-order valence-corrected chi connectivity index (χ0v) is 17.4. The third kappa shape index (κ3) is 3.91. The van der Waals surface area contributed by atoms with E-state index in [4.69, 9.17) is 4.74 Å². The normalized spacial score (nSPS) is 22.1. The van der Waals surface area contributed by atoms with E-state index in [1.807, 2.05) is 41.4 Å². The number of rotatable bonds is 6. The molecule has 2 unspecified atom stereocenters. The first-order valence-corrected chi connectivity index (χ1v) is 10.4. The number of carboxylic acids is 1. The van der Waals surface area contributed by atoms with Crippen molar-refractivity contribution in [3.8, 4) is 5.75 Å². The average molecular weight is 409 g/mol. The lowest BCUT2D eigenvalue weighted by atomic mass is 9.89. The fourth-order valence-corrected chi connectivity index (χ4v) is 4.31. The number of nitrogens with one attached hydrogen (secondary N) is 1. The van der Waals surface area contributed by atoms with Gasteiger partial charge in [0.2, 0.25) is 0 Å². The van der Waals surface area contributed by atoms with Gasteiger partial charge in [-0.25, -0.2) is 9.80 Å². The Morgan fingerprint density at radius 2 is 1.97 bits per heavy atom. The number of ether oxygens (including phenoxy) is 1. The molecule has 0 spiro atoms. The molecule has 7 nitrogen and oxygen atoms in total. The van der Waals surface area contributed by atoms with Gasteiger partial charge in [0.1, 0.15) is 11.9 Å². The molecule has 1 fully saturated rings. The fraction of sp³-hybridized carbons (Fsp3) is 0.391. The summed E-state index contributed by atoms with van der Waals surface area (Å²) in [7, 11) is 1.63. The number of benzene rings is 2. The SMILES string of the molecule is CCc1cccc(C2C(C(=O)O)=NN(c3cccc(OC)c3)C2N2CCNCC2)c1. The molecule has 0 saturated carbocycles. The van der Waals surface area contributed by atoms with E-state index in [9.17, 15) is 9.90 Å². The van der Waals surface area contributed by atoms with Crippen LogP contribution in [-0.2, 0) is 11.2 Å². The molecule has 4 rings (SSSR count). The third-order valence-electron chi connectivity index (χ3n) is 5.84. The molecule has 1 saturated heterocycles. The minimum atomic E-state index is -0.979. The largest absolute Gasteiger partial charge is 0.497 e. The van der Waals surface area contributed by atoms with E-state index in [2.05, 4.69) is 34.4 Å². The maximum atomic E-state index is 12.3. The van der Waals surface area contributed by atoms with Gasteiger partial charge in [-0.2, -0.15) is 5.10 Å². The maximum absolute atomic E-state index is 12.3. The number of hydrogen-bond acceptors (Lipinski definition) is 6. The summed E-state index contributed by atoms with van der Waals surface area (Å²) in [5.74, 6) is -0.610. The molecule has 2 aliphatic rings. The van der Waals surface area contributed by atoms with Crippen LogP contribution < -0.4 is 15.1 Å². The van der Waals surface area contributed by atoms with Crippen LogP contribution >= 0.6 is 0 Å². The van der Waals surface area contributed by atoms with Crippen molar-refractivity contribution in [2.75, 3.05) is 38.3 Å². The van der Waals surface area contributed by atoms with Crippen LogP contribution in [0.4, 0.5) is 5.69 Å². The lowest BCUT2D eigenvalue weighted by molar-refractivity contribution is -0.129. The van der Waals surface area contributed by atoms with Crippen molar-refractivity contribution in [3.63, 3.8) is 0 Å². The molecule has 2 heterocycles. The van der Waals surface area contributed by atoms with Gasteiger partial charge in [0.15, 0.2) is 5.71 Å². The first kappa shape index (κ1) is 20.4. The lowest BCUT2D eigenvalue weighted by Crippen LogP contribution is -2.55. The Labute approximate surface area is 176 Å². The second kappa shape index (κ2) is 8.85. The molecule has 30 heavy (non-hydrogen) atoms. The minimum absolute atomic E-state index is 0.176. The number of nitrogens with zero attached hydrogens (tertiary/aromatic N) is 3. The average Bonchev–Trinajstić information content (AvgIpc) is 3.21. The van der Waals surface area contributed by atoms with E-state index in [0.29, 0.717) is 0 Å². The molecule has 7 heteroatoms. The molecule has 0 aliphatic carbocycles. The van der Waals surface area contributed by atoms with Gasteiger partial charge in [0.25, 0.3) is 0 Å². The summed E-state index contributed by atoms with van der Waals surface area (Å²) in [5, 5.41) is 19.9. The van der Waals surface area contributed by atoms with Crippen molar-refractivity contribution < 1.29 is 14.6 Å².